The average Bonchev–Trinajstić information content (AvgIpc) is 3.84. The molecule has 4 fully saturated rings. The fourth-order valence-electron chi connectivity index (χ4n) is 10.9. The molecule has 334 valence electrons. The van der Waals surface area contributed by atoms with Gasteiger partial charge in [-0.05, 0) is 86.1 Å². The van der Waals surface area contributed by atoms with Gasteiger partial charge in [0.2, 0.25) is 5.95 Å². The minimum Gasteiger partial charge on any atom is -0.371 e. The van der Waals surface area contributed by atoms with E-state index in [0.717, 1.165) is 105 Å². The van der Waals surface area contributed by atoms with Crippen molar-refractivity contribution in [3.8, 4) is 0 Å². The molecule has 5 aliphatic heterocycles. The molecule has 1 unspecified atom stereocenters. The number of anilines is 7. The smallest absolute Gasteiger partial charge is 0.229 e. The number of fused-ring (bicyclic) bond motifs is 2. The van der Waals surface area contributed by atoms with Crippen LogP contribution in [-0.2, 0) is 12.8 Å². The molecular weight excluding hydrogens is 834 g/mol. The minimum absolute atomic E-state index is 0.148. The zero-order valence-electron chi connectivity index (χ0n) is 37.5. The van der Waals surface area contributed by atoms with Crippen LogP contribution in [-0.4, -0.2) is 102 Å². The Balaban J connectivity index is 0.691. The molecule has 0 saturated carbocycles. The predicted molar refractivity (Wildman–Crippen MR) is 271 cm³/mol. The third-order valence-corrected chi connectivity index (χ3v) is 15.5. The maximum atomic E-state index is 6.64. The Labute approximate surface area is 387 Å². The van der Waals surface area contributed by atoms with Crippen LogP contribution in [0.4, 0.5) is 40.2 Å². The molecule has 13 heteroatoms. The van der Waals surface area contributed by atoms with Crippen molar-refractivity contribution in [2.75, 3.05) is 96.4 Å². The highest BCUT2D eigenvalue weighted by Gasteiger charge is 2.33. The number of halogens is 1. The van der Waals surface area contributed by atoms with Crippen molar-refractivity contribution in [1.82, 2.24) is 29.7 Å². The molecule has 3 aromatic carbocycles. The predicted octanol–water partition coefficient (Wildman–Crippen LogP) is 8.27. The summed E-state index contributed by atoms with van der Waals surface area (Å²) < 4.78 is 4.60. The minimum atomic E-state index is 0.148. The van der Waals surface area contributed by atoms with Crippen LogP contribution in [0.1, 0.15) is 49.8 Å². The summed E-state index contributed by atoms with van der Waals surface area (Å²) in [7, 11) is 0. The van der Waals surface area contributed by atoms with Crippen molar-refractivity contribution in [2.45, 2.75) is 57.5 Å². The second-order valence-corrected chi connectivity index (χ2v) is 19.5. The van der Waals surface area contributed by atoms with Crippen LogP contribution in [0, 0.1) is 5.92 Å². The largest absolute Gasteiger partial charge is 0.371 e. The van der Waals surface area contributed by atoms with Crippen molar-refractivity contribution in [2.24, 2.45) is 5.92 Å². The summed E-state index contributed by atoms with van der Waals surface area (Å²) in [6.45, 7) is 30.8. The molecule has 64 heavy (non-hydrogen) atoms. The molecule has 7 heterocycles. The van der Waals surface area contributed by atoms with Gasteiger partial charge in [0, 0.05) is 134 Å². The Bertz CT molecular complexity index is 2680. The number of nitrogens with zero attached hydrogens (tertiary/aromatic N) is 8. The van der Waals surface area contributed by atoms with Crippen LogP contribution in [0.3, 0.4) is 0 Å². The molecule has 0 spiro atoms. The molecule has 0 radical (unpaired) electrons. The van der Waals surface area contributed by atoms with Gasteiger partial charge in [0.05, 0.1) is 23.6 Å². The van der Waals surface area contributed by atoms with Crippen LogP contribution in [0.2, 0.25) is 5.02 Å². The van der Waals surface area contributed by atoms with Crippen LogP contribution in [0.15, 0.2) is 85.3 Å². The van der Waals surface area contributed by atoms with E-state index in [0.29, 0.717) is 28.7 Å². The first kappa shape index (κ1) is 42.8. The lowest BCUT2D eigenvalue weighted by atomic mass is 9.97. The van der Waals surface area contributed by atoms with Crippen LogP contribution < -0.4 is 40.8 Å². The van der Waals surface area contributed by atoms with Crippen LogP contribution >= 0.6 is 23.5 Å². The number of rotatable bonds is 12. The van der Waals surface area contributed by atoms with Gasteiger partial charge in [0.1, 0.15) is 5.02 Å². The Kier molecular flexibility index (Phi) is 12.1. The van der Waals surface area contributed by atoms with Crippen molar-refractivity contribution in [3.63, 3.8) is 0 Å². The molecule has 10 rings (SSSR count). The Morgan fingerprint density at radius 1 is 0.812 bits per heavy atom. The molecule has 5 aromatic rings. The molecule has 0 amide bonds. The van der Waals surface area contributed by atoms with Gasteiger partial charge in [0.15, 0.2) is 5.82 Å². The average molecular weight is 897 g/mol. The third kappa shape index (κ3) is 8.34. The topological polar surface area (TPSA) is 83.0 Å². The lowest BCUT2D eigenvalue weighted by molar-refractivity contribution is 0.0731. The maximum Gasteiger partial charge on any atom is 0.229 e. The molecule has 2 aromatic heterocycles. The van der Waals surface area contributed by atoms with Gasteiger partial charge in [-0.2, -0.15) is 4.98 Å². The standard InChI is InChI=1S/C51H62ClN11S/c1-7-38-27-41(13-15-46(38)56-51-53-29-45(52)50(57-51)55-47-10-8-9-39-17-22-62(64-6)49(39)47)59-20-18-40(19-21-59)60-25-23-58(24-26-60)30-37-31-61(32-37)42-12-14-43-35(4)63(36(5)44(43)28-42)48-16-11-33(2)54-34(48)3/h8-10,12-15,27-29,37,40,48,54H,2-5,7,11,16-26,30-32H2,1,6H3,(H2,53,55,56,57). The van der Waals surface area contributed by atoms with Gasteiger partial charge >= 0.3 is 0 Å². The summed E-state index contributed by atoms with van der Waals surface area (Å²) in [5, 5.41) is 15.3. The normalized spacial score (nSPS) is 20.2. The second-order valence-electron chi connectivity index (χ2n) is 18.3. The first-order valence-electron chi connectivity index (χ1n) is 23.2. The van der Waals surface area contributed by atoms with Gasteiger partial charge in [-0.25, -0.2) is 4.98 Å². The molecule has 11 nitrogen and oxygen atoms in total. The van der Waals surface area contributed by atoms with Gasteiger partial charge in [0.25, 0.3) is 0 Å². The van der Waals surface area contributed by atoms with Gasteiger partial charge < -0.3 is 39.5 Å². The molecule has 0 bridgehead atoms. The van der Waals surface area contributed by atoms with E-state index in [-0.39, 0.29) is 6.04 Å². The Hall–Kier alpha value is -5.14. The number of piperidine rings is 2. The van der Waals surface area contributed by atoms with E-state index >= 15 is 0 Å². The fourth-order valence-corrected chi connectivity index (χ4v) is 11.7. The first-order chi connectivity index (χ1) is 31.1. The SMILES string of the molecule is C=C1CCC(n2c(=C)c3ccc(N4CC(CN5CCN(C6CCN(c7ccc(Nc8ncc(Cl)c(Nc9cccc%10c9N(SC)CC%10)n8)c(CC)c7)CC6)CC5)C4)cc3c2=C)C(=C)N1. The van der Waals surface area contributed by atoms with E-state index in [1.54, 1.807) is 18.1 Å². The van der Waals surface area contributed by atoms with E-state index in [9.17, 15) is 0 Å². The summed E-state index contributed by atoms with van der Waals surface area (Å²) in [6, 6.07) is 20.8. The van der Waals surface area contributed by atoms with E-state index < -0.39 is 0 Å². The van der Waals surface area contributed by atoms with Crippen LogP contribution in [0.25, 0.3) is 23.9 Å². The zero-order chi connectivity index (χ0) is 44.1. The van der Waals surface area contributed by atoms with Crippen molar-refractivity contribution < 1.29 is 0 Å². The van der Waals surface area contributed by atoms with Crippen molar-refractivity contribution >= 4 is 87.7 Å². The Morgan fingerprint density at radius 2 is 1.58 bits per heavy atom. The summed E-state index contributed by atoms with van der Waals surface area (Å²) >= 11 is 8.37. The molecule has 4 saturated heterocycles. The monoisotopic (exact) mass is 895 g/mol. The molecular formula is C51H62ClN11S. The summed E-state index contributed by atoms with van der Waals surface area (Å²) in [6.07, 6.45) is 10.0. The molecule has 0 aliphatic carbocycles. The second kappa shape index (κ2) is 18.0. The Morgan fingerprint density at radius 3 is 2.34 bits per heavy atom. The lowest BCUT2D eigenvalue weighted by Crippen LogP contribution is -2.57. The fraction of sp³-hybridized carbons (Fsp3) is 0.412. The number of aromatic nitrogens is 3. The highest BCUT2D eigenvalue weighted by molar-refractivity contribution is 8.00. The number of para-hydroxylation sites is 1. The third-order valence-electron chi connectivity index (χ3n) is 14.5. The maximum absolute atomic E-state index is 6.64. The lowest BCUT2D eigenvalue weighted by Gasteiger charge is -2.46. The van der Waals surface area contributed by atoms with E-state index in [4.69, 9.17) is 16.6 Å². The quantitative estimate of drug-likeness (QED) is 0.106. The number of hydrogen-bond donors (Lipinski definition) is 3. The van der Waals surface area contributed by atoms with Gasteiger partial charge in [-0.15, -0.1) is 0 Å². The van der Waals surface area contributed by atoms with Crippen molar-refractivity contribution in [1.29, 1.82) is 0 Å². The summed E-state index contributed by atoms with van der Waals surface area (Å²) in [5.74, 6) is 1.82. The number of nitrogens with one attached hydrogen (secondary N) is 3. The number of hydrogen-bond acceptors (Lipinski definition) is 11. The highest BCUT2D eigenvalue weighted by Crippen LogP contribution is 2.41. The number of piperazine rings is 1. The van der Waals surface area contributed by atoms with Crippen molar-refractivity contribution in [3.05, 3.63) is 112 Å². The van der Waals surface area contributed by atoms with E-state index in [1.165, 1.54) is 71.4 Å². The first-order valence-corrected chi connectivity index (χ1v) is 24.7. The summed E-state index contributed by atoms with van der Waals surface area (Å²) in [5.41, 5.74) is 10.4. The van der Waals surface area contributed by atoms with E-state index in [1.807, 2.05) is 0 Å². The summed E-state index contributed by atoms with van der Waals surface area (Å²) in [4.78, 5) is 20.0. The zero-order valence-corrected chi connectivity index (χ0v) is 39.1. The molecule has 5 aliphatic rings. The van der Waals surface area contributed by atoms with Gasteiger partial charge in [-0.1, -0.05) is 75.0 Å². The number of benzene rings is 3. The highest BCUT2D eigenvalue weighted by atomic mass is 35.5. The van der Waals surface area contributed by atoms with Crippen LogP contribution in [0.5, 0.6) is 0 Å². The number of allylic oxidation sites excluding steroid dienone is 2. The van der Waals surface area contributed by atoms with E-state index in [2.05, 4.69) is 143 Å². The molecule has 1 atom stereocenters. The molecule has 3 N–H and O–H groups in total. The number of aryl methyl sites for hydroxylation is 1. The van der Waals surface area contributed by atoms with Gasteiger partial charge in [-0.3, -0.25) is 4.90 Å².